The monoisotopic (exact) mass is 268 g/mol. The van der Waals surface area contributed by atoms with E-state index in [4.69, 9.17) is 14.9 Å². The molecule has 2 aromatic carbocycles. The Morgan fingerprint density at radius 3 is 2.00 bits per heavy atom. The molecule has 2 aromatic rings. The molecule has 0 bridgehead atoms. The summed E-state index contributed by atoms with van der Waals surface area (Å²) in [6, 6.07) is 15.4. The smallest absolute Gasteiger partial charge is 1.00 e. The first-order valence-electron chi connectivity index (χ1n) is 5.40. The number of para-hydroxylation sites is 1. The van der Waals surface area contributed by atoms with Gasteiger partial charge in [-0.25, -0.2) is 0 Å². The molecule has 0 fully saturated rings. The fourth-order valence-corrected chi connectivity index (χ4v) is 1.46. The third-order valence-electron chi connectivity index (χ3n) is 2.35. The summed E-state index contributed by atoms with van der Waals surface area (Å²) < 4.78 is 5.54. The molecule has 0 heterocycles. The predicted octanol–water partition coefficient (Wildman–Crippen LogP) is -0.911. The zero-order valence-corrected chi connectivity index (χ0v) is 12.5. The maximum Gasteiger partial charge on any atom is 1.00 e. The summed E-state index contributed by atoms with van der Waals surface area (Å²) in [6.45, 7) is 0. The Morgan fingerprint density at radius 1 is 0.947 bits per heavy atom. The Hall–Kier alpha value is -1.17. The van der Waals surface area contributed by atoms with Crippen molar-refractivity contribution >= 4 is 5.78 Å². The maximum atomic E-state index is 11.3. The van der Waals surface area contributed by atoms with Crippen molar-refractivity contribution in [3.05, 3.63) is 60.2 Å². The van der Waals surface area contributed by atoms with Crippen molar-refractivity contribution in [1.82, 2.24) is 0 Å². The van der Waals surface area contributed by atoms with Crippen LogP contribution in [0.25, 0.3) is 0 Å². The van der Waals surface area contributed by atoms with Crippen molar-refractivity contribution in [3.63, 3.8) is 0 Å². The molecular formula is C14H13NaO4. The second-order valence-corrected chi connectivity index (χ2v) is 3.68. The van der Waals surface area contributed by atoms with Crippen LogP contribution in [0.4, 0.5) is 0 Å². The predicted molar refractivity (Wildman–Crippen MR) is 66.6 cm³/mol. The van der Waals surface area contributed by atoms with Gasteiger partial charge in [0.2, 0.25) is 12.1 Å². The van der Waals surface area contributed by atoms with Crippen LogP contribution >= 0.6 is 0 Å². The van der Waals surface area contributed by atoms with Crippen LogP contribution in [0, 0.1) is 0 Å². The van der Waals surface area contributed by atoms with Gasteiger partial charge in [-0.3, -0.25) is 4.79 Å². The Morgan fingerprint density at radius 2 is 1.47 bits per heavy atom. The van der Waals surface area contributed by atoms with E-state index in [-0.39, 0.29) is 36.5 Å². The molecule has 19 heavy (non-hydrogen) atoms. The number of aliphatic hydroxyl groups is 2. The summed E-state index contributed by atoms with van der Waals surface area (Å²) in [5.74, 6) is 0.533. The number of carbonyl (C=O) groups is 1. The SMILES string of the molecule is O=C(c1ccc(Oc2ccccc2)cc1)C(O)O.[H-].[Na+]. The molecule has 2 rings (SSSR count). The second-order valence-electron chi connectivity index (χ2n) is 3.68. The van der Waals surface area contributed by atoms with E-state index in [1.807, 2.05) is 30.3 Å². The van der Waals surface area contributed by atoms with Gasteiger partial charge in [0.05, 0.1) is 0 Å². The van der Waals surface area contributed by atoms with E-state index in [1.54, 1.807) is 12.1 Å². The van der Waals surface area contributed by atoms with Gasteiger partial charge in [0, 0.05) is 5.56 Å². The van der Waals surface area contributed by atoms with Gasteiger partial charge in [0.1, 0.15) is 11.5 Å². The molecule has 4 nitrogen and oxygen atoms in total. The number of hydrogen-bond donors (Lipinski definition) is 2. The van der Waals surface area contributed by atoms with Crippen molar-refractivity contribution in [3.8, 4) is 11.5 Å². The molecule has 0 aromatic heterocycles. The summed E-state index contributed by atoms with van der Waals surface area (Å²) in [7, 11) is 0. The first kappa shape index (κ1) is 15.9. The van der Waals surface area contributed by atoms with Crippen LogP contribution < -0.4 is 34.3 Å². The van der Waals surface area contributed by atoms with Gasteiger partial charge in [0.25, 0.3) is 0 Å². The van der Waals surface area contributed by atoms with Gasteiger partial charge in [-0.1, -0.05) is 18.2 Å². The van der Waals surface area contributed by atoms with Crippen molar-refractivity contribution in [2.45, 2.75) is 6.29 Å². The molecular weight excluding hydrogens is 255 g/mol. The van der Waals surface area contributed by atoms with Crippen molar-refractivity contribution < 1.29 is 50.7 Å². The minimum atomic E-state index is -1.98. The molecule has 0 radical (unpaired) electrons. The van der Waals surface area contributed by atoms with Crippen LogP contribution in [0.15, 0.2) is 54.6 Å². The van der Waals surface area contributed by atoms with Gasteiger partial charge in [-0.2, -0.15) is 0 Å². The van der Waals surface area contributed by atoms with Crippen molar-refractivity contribution in [2.24, 2.45) is 0 Å². The van der Waals surface area contributed by atoms with Crippen LogP contribution in [0.1, 0.15) is 11.8 Å². The van der Waals surface area contributed by atoms with Crippen LogP contribution in [0.3, 0.4) is 0 Å². The summed E-state index contributed by atoms with van der Waals surface area (Å²) in [5, 5.41) is 17.5. The number of ether oxygens (including phenoxy) is 1. The molecule has 5 heteroatoms. The van der Waals surface area contributed by atoms with E-state index in [2.05, 4.69) is 0 Å². The summed E-state index contributed by atoms with van der Waals surface area (Å²) >= 11 is 0. The number of carbonyl (C=O) groups excluding carboxylic acids is 1. The van der Waals surface area contributed by atoms with Crippen molar-refractivity contribution in [2.75, 3.05) is 0 Å². The number of hydrogen-bond acceptors (Lipinski definition) is 4. The van der Waals surface area contributed by atoms with Gasteiger partial charge in [-0.15, -0.1) is 0 Å². The zero-order chi connectivity index (χ0) is 13.0. The number of Topliss-reactive ketones (excluding diaryl/α,β-unsaturated/α-hetero) is 1. The van der Waals surface area contributed by atoms with Crippen molar-refractivity contribution in [1.29, 1.82) is 0 Å². The van der Waals surface area contributed by atoms with Gasteiger partial charge in [0.15, 0.2) is 0 Å². The van der Waals surface area contributed by atoms with Crippen LogP contribution in [0.2, 0.25) is 0 Å². The molecule has 94 valence electrons. The fourth-order valence-electron chi connectivity index (χ4n) is 1.46. The molecule has 0 aliphatic heterocycles. The fraction of sp³-hybridized carbons (Fsp3) is 0.0714. The summed E-state index contributed by atoms with van der Waals surface area (Å²) in [6.07, 6.45) is -1.98. The number of benzene rings is 2. The third-order valence-corrected chi connectivity index (χ3v) is 2.35. The van der Waals surface area contributed by atoms with Gasteiger partial charge in [-0.05, 0) is 36.4 Å². The number of ketones is 1. The van der Waals surface area contributed by atoms with E-state index in [1.165, 1.54) is 12.1 Å². The van der Waals surface area contributed by atoms with Crippen LogP contribution in [-0.2, 0) is 0 Å². The first-order valence-corrected chi connectivity index (χ1v) is 5.40. The normalized spacial score (nSPS) is 9.84. The zero-order valence-electron chi connectivity index (χ0n) is 11.5. The van der Waals surface area contributed by atoms with E-state index in [0.29, 0.717) is 11.5 Å². The Kier molecular flexibility index (Phi) is 6.21. The first-order chi connectivity index (χ1) is 8.66. The largest absolute Gasteiger partial charge is 1.00 e. The molecule has 0 saturated carbocycles. The van der Waals surface area contributed by atoms with E-state index in [0.717, 1.165) is 0 Å². The third kappa shape index (κ3) is 4.45. The summed E-state index contributed by atoms with van der Waals surface area (Å²) in [5.41, 5.74) is 0.227. The topological polar surface area (TPSA) is 66.8 Å². The average Bonchev–Trinajstić information content (AvgIpc) is 2.40. The maximum absolute atomic E-state index is 11.3. The molecule has 0 saturated heterocycles. The molecule has 0 spiro atoms. The second kappa shape index (κ2) is 7.43. The molecule has 0 unspecified atom stereocenters. The standard InChI is InChI=1S/C14H12O4.Na.H/c15-13(14(16)17)10-6-8-12(9-7-10)18-11-4-2-1-3-5-11;;/h1-9,14,16-17H;;/q;+1;-1. The number of aliphatic hydroxyl groups excluding tert-OH is 1. The number of rotatable bonds is 4. The van der Waals surface area contributed by atoms with E-state index in [9.17, 15) is 4.79 Å². The Bertz CT molecular complexity index is 529. The van der Waals surface area contributed by atoms with Gasteiger partial charge < -0.3 is 16.4 Å². The molecule has 0 amide bonds. The molecule has 0 aliphatic rings. The Balaban J connectivity index is 0.00000180. The summed E-state index contributed by atoms with van der Waals surface area (Å²) in [4.78, 5) is 11.3. The quantitative estimate of drug-likeness (QED) is 0.428. The minimum Gasteiger partial charge on any atom is -1.00 e. The van der Waals surface area contributed by atoms with Crippen LogP contribution in [0.5, 0.6) is 11.5 Å². The molecule has 0 aliphatic carbocycles. The molecule has 2 N–H and O–H groups in total. The average molecular weight is 268 g/mol. The van der Waals surface area contributed by atoms with Crippen LogP contribution in [-0.4, -0.2) is 22.3 Å². The Labute approximate surface area is 134 Å². The van der Waals surface area contributed by atoms with E-state index >= 15 is 0 Å². The molecule has 0 atom stereocenters. The van der Waals surface area contributed by atoms with Gasteiger partial charge >= 0.3 is 29.6 Å². The minimum absolute atomic E-state index is 0. The van der Waals surface area contributed by atoms with E-state index < -0.39 is 12.1 Å².